The predicted molar refractivity (Wildman–Crippen MR) is 106 cm³/mol. The third-order valence-corrected chi connectivity index (χ3v) is 9.05. The number of carbonyl (C=O) groups is 1. The summed E-state index contributed by atoms with van der Waals surface area (Å²) in [5.41, 5.74) is 3.04. The Bertz CT molecular complexity index is 683. The summed E-state index contributed by atoms with van der Waals surface area (Å²) in [7, 11) is 0. The van der Waals surface area contributed by atoms with E-state index in [4.69, 9.17) is 4.74 Å². The molecule has 4 heteroatoms. The molecule has 0 aromatic heterocycles. The molecule has 0 amide bonds. The van der Waals surface area contributed by atoms with Gasteiger partial charge in [-0.25, -0.2) is 0 Å². The van der Waals surface area contributed by atoms with E-state index in [1.54, 1.807) is 5.57 Å². The van der Waals surface area contributed by atoms with Gasteiger partial charge in [-0.3, -0.25) is 4.79 Å². The molecule has 0 bridgehead atoms. The first kappa shape index (κ1) is 19.0. The average molecular weight is 374 g/mol. The minimum atomic E-state index is -0.149. The largest absolute Gasteiger partial charge is 0.462 e. The van der Waals surface area contributed by atoms with Gasteiger partial charge in [0, 0.05) is 19.3 Å². The summed E-state index contributed by atoms with van der Waals surface area (Å²) in [5, 5.41) is 12.9. The van der Waals surface area contributed by atoms with Gasteiger partial charge in [0.25, 0.3) is 0 Å². The SMILES string of the molecule is CC(=O)O[C@H]1CC[C@@]2(C)C(=CC[C@H]3[C@@H]4CC[C@H](/C(C)=N\O)[C@@]4(C)CC[C@@H]32)C1. The van der Waals surface area contributed by atoms with E-state index in [9.17, 15) is 10.0 Å². The van der Waals surface area contributed by atoms with Crippen LogP contribution in [0.3, 0.4) is 0 Å². The smallest absolute Gasteiger partial charge is 0.302 e. The van der Waals surface area contributed by atoms with Gasteiger partial charge >= 0.3 is 5.97 Å². The predicted octanol–water partition coefficient (Wildman–Crippen LogP) is 5.35. The van der Waals surface area contributed by atoms with Gasteiger partial charge in [0.1, 0.15) is 6.10 Å². The normalized spacial score (nSPS) is 46.7. The molecule has 0 radical (unpaired) electrons. The van der Waals surface area contributed by atoms with Crippen molar-refractivity contribution in [2.24, 2.45) is 39.7 Å². The van der Waals surface area contributed by atoms with Crippen LogP contribution in [-0.4, -0.2) is 23.0 Å². The molecule has 0 aromatic rings. The first-order valence-corrected chi connectivity index (χ1v) is 10.8. The Balaban J connectivity index is 1.58. The molecule has 0 heterocycles. The molecule has 3 saturated carbocycles. The highest BCUT2D eigenvalue weighted by Crippen LogP contribution is 2.66. The molecule has 0 unspecified atom stereocenters. The molecule has 0 spiro atoms. The lowest BCUT2D eigenvalue weighted by Crippen LogP contribution is -2.51. The fourth-order valence-electron chi connectivity index (χ4n) is 7.72. The number of oxime groups is 1. The molecular formula is C23H35NO3. The Labute approximate surface area is 163 Å². The van der Waals surface area contributed by atoms with E-state index in [2.05, 4.69) is 25.1 Å². The molecule has 0 saturated heterocycles. The molecule has 4 nitrogen and oxygen atoms in total. The quantitative estimate of drug-likeness (QED) is 0.233. The van der Waals surface area contributed by atoms with Crippen LogP contribution in [0.25, 0.3) is 0 Å². The van der Waals surface area contributed by atoms with Gasteiger partial charge in [-0.1, -0.05) is 30.7 Å². The van der Waals surface area contributed by atoms with Crippen LogP contribution in [0.15, 0.2) is 16.8 Å². The van der Waals surface area contributed by atoms with Crippen molar-refractivity contribution in [3.8, 4) is 0 Å². The van der Waals surface area contributed by atoms with Crippen LogP contribution < -0.4 is 0 Å². The number of ether oxygens (including phenoxy) is 1. The van der Waals surface area contributed by atoms with Crippen molar-refractivity contribution in [2.45, 2.75) is 85.2 Å². The number of allylic oxidation sites excluding steroid dienone is 1. The van der Waals surface area contributed by atoms with Crippen molar-refractivity contribution in [2.75, 3.05) is 0 Å². The fourth-order valence-corrected chi connectivity index (χ4v) is 7.72. The second-order valence-electron chi connectivity index (χ2n) is 10.1. The van der Waals surface area contributed by atoms with Crippen LogP contribution >= 0.6 is 0 Å². The molecule has 7 atom stereocenters. The van der Waals surface area contributed by atoms with E-state index in [1.165, 1.54) is 39.0 Å². The highest BCUT2D eigenvalue weighted by Gasteiger charge is 2.59. The second kappa shape index (κ2) is 6.63. The summed E-state index contributed by atoms with van der Waals surface area (Å²) >= 11 is 0. The monoisotopic (exact) mass is 373 g/mol. The van der Waals surface area contributed by atoms with Crippen LogP contribution in [0.2, 0.25) is 0 Å². The van der Waals surface area contributed by atoms with Gasteiger partial charge in [0.15, 0.2) is 0 Å². The van der Waals surface area contributed by atoms with Gasteiger partial charge in [0.2, 0.25) is 0 Å². The Morgan fingerprint density at radius 1 is 1.15 bits per heavy atom. The number of fused-ring (bicyclic) bond motifs is 5. The standard InChI is InChI=1S/C23H35NO3/c1-14(24-26)19-7-8-20-18-6-5-16-13-17(27-15(2)25)9-11-22(16,3)21(18)10-12-23(19,20)4/h5,17-21,26H,6-13H2,1-4H3/b24-14-/t17-,18-,19+,20-,21-,22-,23+/m0/s1. The molecule has 4 rings (SSSR count). The van der Waals surface area contributed by atoms with E-state index in [1.807, 2.05) is 6.92 Å². The van der Waals surface area contributed by atoms with E-state index < -0.39 is 0 Å². The zero-order chi connectivity index (χ0) is 19.4. The number of rotatable bonds is 2. The Morgan fingerprint density at radius 3 is 2.63 bits per heavy atom. The maximum absolute atomic E-state index is 11.4. The van der Waals surface area contributed by atoms with Gasteiger partial charge in [-0.05, 0) is 80.5 Å². The number of carbonyl (C=O) groups excluding carboxylic acids is 1. The summed E-state index contributed by atoms with van der Waals surface area (Å²) < 4.78 is 5.54. The first-order chi connectivity index (χ1) is 12.8. The highest BCUT2D eigenvalue weighted by molar-refractivity contribution is 5.85. The number of esters is 1. The molecule has 0 aliphatic heterocycles. The lowest BCUT2D eigenvalue weighted by molar-refractivity contribution is -0.148. The second-order valence-corrected chi connectivity index (χ2v) is 10.1. The van der Waals surface area contributed by atoms with Crippen molar-refractivity contribution >= 4 is 11.7 Å². The first-order valence-electron chi connectivity index (χ1n) is 10.8. The van der Waals surface area contributed by atoms with Crippen molar-refractivity contribution in [1.82, 2.24) is 0 Å². The third-order valence-electron chi connectivity index (χ3n) is 9.05. The fraction of sp³-hybridized carbons (Fsp3) is 0.826. The number of nitrogens with zero attached hydrogens (tertiary/aromatic N) is 1. The maximum Gasteiger partial charge on any atom is 0.302 e. The lowest BCUT2D eigenvalue weighted by atomic mass is 9.47. The number of hydrogen-bond donors (Lipinski definition) is 1. The van der Waals surface area contributed by atoms with Crippen molar-refractivity contribution < 1.29 is 14.7 Å². The minimum absolute atomic E-state index is 0.0755. The van der Waals surface area contributed by atoms with E-state index >= 15 is 0 Å². The summed E-state index contributed by atoms with van der Waals surface area (Å²) in [6.45, 7) is 8.46. The van der Waals surface area contributed by atoms with E-state index in [0.717, 1.165) is 42.7 Å². The molecule has 3 fully saturated rings. The maximum atomic E-state index is 11.4. The molecule has 4 aliphatic rings. The van der Waals surface area contributed by atoms with Crippen LogP contribution in [0.4, 0.5) is 0 Å². The Morgan fingerprint density at radius 2 is 1.93 bits per heavy atom. The Hall–Kier alpha value is -1.32. The van der Waals surface area contributed by atoms with Gasteiger partial charge in [-0.15, -0.1) is 0 Å². The zero-order valence-electron chi connectivity index (χ0n) is 17.3. The van der Waals surface area contributed by atoms with Crippen LogP contribution in [0.1, 0.15) is 79.1 Å². The van der Waals surface area contributed by atoms with Crippen molar-refractivity contribution in [1.29, 1.82) is 0 Å². The molecule has 4 aliphatic carbocycles. The topological polar surface area (TPSA) is 58.9 Å². The van der Waals surface area contributed by atoms with Gasteiger partial charge in [-0.2, -0.15) is 0 Å². The summed E-state index contributed by atoms with van der Waals surface area (Å²) in [4.78, 5) is 11.4. The van der Waals surface area contributed by atoms with Crippen LogP contribution in [0, 0.1) is 34.5 Å². The van der Waals surface area contributed by atoms with Crippen molar-refractivity contribution in [3.05, 3.63) is 11.6 Å². The van der Waals surface area contributed by atoms with Crippen molar-refractivity contribution in [3.63, 3.8) is 0 Å². The highest BCUT2D eigenvalue weighted by atomic mass is 16.5. The van der Waals surface area contributed by atoms with Gasteiger partial charge in [0.05, 0.1) is 5.71 Å². The molecule has 150 valence electrons. The molecule has 1 N–H and O–H groups in total. The van der Waals surface area contributed by atoms with E-state index in [0.29, 0.717) is 5.92 Å². The summed E-state index contributed by atoms with van der Waals surface area (Å²) in [5.74, 6) is 2.52. The van der Waals surface area contributed by atoms with Gasteiger partial charge < -0.3 is 9.94 Å². The third kappa shape index (κ3) is 2.86. The summed E-state index contributed by atoms with van der Waals surface area (Å²) in [6, 6.07) is 0. The molecule has 27 heavy (non-hydrogen) atoms. The minimum Gasteiger partial charge on any atom is -0.462 e. The summed E-state index contributed by atoms with van der Waals surface area (Å²) in [6.07, 6.45) is 11.8. The average Bonchev–Trinajstić information content (AvgIpc) is 2.98. The zero-order valence-corrected chi connectivity index (χ0v) is 17.3. The molecule has 0 aromatic carbocycles. The number of hydrogen-bond acceptors (Lipinski definition) is 4. The van der Waals surface area contributed by atoms with Crippen LogP contribution in [-0.2, 0) is 9.53 Å². The van der Waals surface area contributed by atoms with E-state index in [-0.39, 0.29) is 22.9 Å². The lowest BCUT2D eigenvalue weighted by Gasteiger charge is -2.58. The molecular weight excluding hydrogens is 338 g/mol. The Kier molecular flexibility index (Phi) is 4.67. The van der Waals surface area contributed by atoms with Crippen LogP contribution in [0.5, 0.6) is 0 Å².